The van der Waals surface area contributed by atoms with E-state index >= 15 is 0 Å². The van der Waals surface area contributed by atoms with Gasteiger partial charge in [-0.05, 0) is 28.8 Å². The summed E-state index contributed by atoms with van der Waals surface area (Å²) >= 11 is 6.07. The number of carbonyl (C=O) groups is 3. The number of nitrogens with zero attached hydrogens (tertiary/aromatic N) is 2. The smallest absolute Gasteiger partial charge is 0.322 e. The lowest BCUT2D eigenvalue weighted by Crippen LogP contribution is -2.49. The number of hydrogen-bond acceptors (Lipinski definition) is 3. The van der Waals surface area contributed by atoms with Crippen molar-refractivity contribution in [1.29, 1.82) is 0 Å². The van der Waals surface area contributed by atoms with Crippen molar-refractivity contribution < 1.29 is 14.4 Å². The van der Waals surface area contributed by atoms with Crippen molar-refractivity contribution in [2.45, 2.75) is 25.0 Å². The van der Waals surface area contributed by atoms with Gasteiger partial charge < -0.3 is 15.5 Å². The molecule has 2 aliphatic heterocycles. The van der Waals surface area contributed by atoms with E-state index in [-0.39, 0.29) is 24.4 Å². The molecular weight excluding hydrogens is 488 g/mol. The van der Waals surface area contributed by atoms with Gasteiger partial charge in [0.2, 0.25) is 5.91 Å². The number of carbonyl (C=O) groups excluding carboxylic acids is 3. The van der Waals surface area contributed by atoms with Gasteiger partial charge in [0.05, 0.1) is 23.9 Å². The van der Waals surface area contributed by atoms with Gasteiger partial charge in [-0.2, -0.15) is 0 Å². The molecule has 0 bridgehead atoms. The summed E-state index contributed by atoms with van der Waals surface area (Å²) in [6, 6.07) is 24.6. The molecule has 3 aromatic carbocycles. The first-order valence-electron chi connectivity index (χ1n) is 12.1. The maximum Gasteiger partial charge on any atom is 0.322 e. The summed E-state index contributed by atoms with van der Waals surface area (Å²) in [6.07, 6.45) is 0.352. The quantitative estimate of drug-likeness (QED) is 0.499. The summed E-state index contributed by atoms with van der Waals surface area (Å²) in [5, 5.41) is 6.50. The first-order chi connectivity index (χ1) is 17.9. The highest BCUT2D eigenvalue weighted by molar-refractivity contribution is 6.30. The third-order valence-electron chi connectivity index (χ3n) is 6.85. The Bertz CT molecular complexity index is 1340. The molecule has 2 heterocycles. The fraction of sp³-hybridized carbons (Fsp3) is 0.207. The van der Waals surface area contributed by atoms with Gasteiger partial charge in [-0.15, -0.1) is 0 Å². The van der Waals surface area contributed by atoms with Crippen LogP contribution in [0.15, 0.2) is 96.2 Å². The monoisotopic (exact) mass is 514 g/mol. The van der Waals surface area contributed by atoms with Crippen molar-refractivity contribution in [2.24, 2.45) is 0 Å². The zero-order valence-electron chi connectivity index (χ0n) is 20.4. The summed E-state index contributed by atoms with van der Waals surface area (Å²) < 4.78 is 0. The second-order valence-corrected chi connectivity index (χ2v) is 9.63. The minimum Gasteiger partial charge on any atom is -0.350 e. The molecule has 8 heteroatoms. The van der Waals surface area contributed by atoms with Crippen molar-refractivity contribution in [3.05, 3.63) is 118 Å². The molecule has 37 heavy (non-hydrogen) atoms. The molecule has 0 unspecified atom stereocenters. The molecule has 5 rings (SSSR count). The zero-order chi connectivity index (χ0) is 25.9. The van der Waals surface area contributed by atoms with E-state index in [1.54, 1.807) is 36.2 Å². The Morgan fingerprint density at radius 1 is 0.973 bits per heavy atom. The van der Waals surface area contributed by atoms with Crippen molar-refractivity contribution in [1.82, 2.24) is 20.4 Å². The van der Waals surface area contributed by atoms with Gasteiger partial charge in [-0.1, -0.05) is 84.4 Å². The van der Waals surface area contributed by atoms with Crippen LogP contribution in [0.3, 0.4) is 0 Å². The number of hydrogen-bond donors (Lipinski definition) is 2. The first-order valence-corrected chi connectivity index (χ1v) is 12.5. The normalized spacial score (nSPS) is 17.9. The lowest BCUT2D eigenvalue weighted by Gasteiger charge is -2.31. The van der Waals surface area contributed by atoms with Crippen LogP contribution >= 0.6 is 11.6 Å². The van der Waals surface area contributed by atoms with E-state index in [1.807, 2.05) is 60.7 Å². The summed E-state index contributed by atoms with van der Waals surface area (Å²) in [7, 11) is 1.64. The molecule has 188 valence electrons. The third kappa shape index (κ3) is 5.08. The number of rotatable bonds is 7. The van der Waals surface area contributed by atoms with Gasteiger partial charge >= 0.3 is 6.03 Å². The molecule has 0 aromatic heterocycles. The van der Waals surface area contributed by atoms with Gasteiger partial charge in [0.15, 0.2) is 0 Å². The topological polar surface area (TPSA) is 81.8 Å². The Morgan fingerprint density at radius 3 is 2.24 bits per heavy atom. The fourth-order valence-corrected chi connectivity index (χ4v) is 4.96. The minimum atomic E-state index is -0.751. The van der Waals surface area contributed by atoms with Crippen molar-refractivity contribution in [2.75, 3.05) is 13.6 Å². The summed E-state index contributed by atoms with van der Waals surface area (Å²) in [6.45, 7) is 0.520. The Balaban J connectivity index is 1.45. The molecule has 0 saturated carbocycles. The van der Waals surface area contributed by atoms with E-state index in [9.17, 15) is 14.4 Å². The van der Waals surface area contributed by atoms with Crippen LogP contribution in [-0.4, -0.2) is 47.3 Å². The molecule has 7 nitrogen and oxygen atoms in total. The van der Waals surface area contributed by atoms with Crippen LogP contribution in [0.2, 0.25) is 5.02 Å². The van der Waals surface area contributed by atoms with Crippen LogP contribution in [0.4, 0.5) is 4.79 Å². The van der Waals surface area contributed by atoms with Gasteiger partial charge in [0, 0.05) is 25.0 Å². The predicted octanol–water partition coefficient (Wildman–Crippen LogP) is 4.06. The lowest BCUT2D eigenvalue weighted by molar-refractivity contribution is -0.136. The van der Waals surface area contributed by atoms with Crippen molar-refractivity contribution in [3.8, 4) is 0 Å². The molecule has 4 amide bonds. The SMILES string of the molecule is CN1C(=O)N[C@@H](c2ccc(Cl)cc2)C2=C1CN([C@@H](Cc1ccccc1)C(=O)NCc1ccccc1)C2=O. The Kier molecular flexibility index (Phi) is 6.97. The summed E-state index contributed by atoms with van der Waals surface area (Å²) in [5.74, 6) is -0.511. The molecule has 2 atom stereocenters. The van der Waals surface area contributed by atoms with E-state index in [0.717, 1.165) is 16.7 Å². The average molecular weight is 515 g/mol. The van der Waals surface area contributed by atoms with E-state index in [0.29, 0.717) is 29.3 Å². The molecule has 2 N–H and O–H groups in total. The van der Waals surface area contributed by atoms with E-state index in [4.69, 9.17) is 11.6 Å². The van der Waals surface area contributed by atoms with Gasteiger partial charge in [0.25, 0.3) is 5.91 Å². The van der Waals surface area contributed by atoms with Gasteiger partial charge in [0.1, 0.15) is 6.04 Å². The number of likely N-dealkylation sites (N-methyl/N-ethyl adjacent to an activating group) is 1. The van der Waals surface area contributed by atoms with Crippen LogP contribution in [0.5, 0.6) is 0 Å². The van der Waals surface area contributed by atoms with Crippen LogP contribution < -0.4 is 10.6 Å². The minimum absolute atomic E-state index is 0.165. The first kappa shape index (κ1) is 24.6. The maximum absolute atomic E-state index is 13.9. The molecule has 0 spiro atoms. The van der Waals surface area contributed by atoms with E-state index < -0.39 is 12.1 Å². The second kappa shape index (κ2) is 10.5. The Morgan fingerprint density at radius 2 is 1.59 bits per heavy atom. The van der Waals surface area contributed by atoms with Crippen LogP contribution in [0.1, 0.15) is 22.7 Å². The molecular formula is C29H27ClN4O3. The van der Waals surface area contributed by atoms with Crippen molar-refractivity contribution in [3.63, 3.8) is 0 Å². The predicted molar refractivity (Wildman–Crippen MR) is 141 cm³/mol. The highest BCUT2D eigenvalue weighted by atomic mass is 35.5. The van der Waals surface area contributed by atoms with Crippen LogP contribution in [0, 0.1) is 0 Å². The third-order valence-corrected chi connectivity index (χ3v) is 7.10. The fourth-order valence-electron chi connectivity index (χ4n) is 4.83. The average Bonchev–Trinajstić information content (AvgIpc) is 3.26. The largest absolute Gasteiger partial charge is 0.350 e. The van der Waals surface area contributed by atoms with Crippen LogP contribution in [0.25, 0.3) is 0 Å². The second-order valence-electron chi connectivity index (χ2n) is 9.20. The maximum atomic E-state index is 13.9. The summed E-state index contributed by atoms with van der Waals surface area (Å²) in [4.78, 5) is 43.3. The number of halogens is 1. The molecule has 3 aromatic rings. The molecule has 0 saturated heterocycles. The van der Waals surface area contributed by atoms with E-state index in [2.05, 4.69) is 10.6 Å². The zero-order valence-corrected chi connectivity index (χ0v) is 21.1. The Hall–Kier alpha value is -4.10. The molecule has 0 fully saturated rings. The highest BCUT2D eigenvalue weighted by Crippen LogP contribution is 2.37. The highest BCUT2D eigenvalue weighted by Gasteiger charge is 2.46. The molecule has 2 aliphatic rings. The van der Waals surface area contributed by atoms with E-state index in [1.165, 1.54) is 4.90 Å². The van der Waals surface area contributed by atoms with Gasteiger partial charge in [-0.25, -0.2) is 4.79 Å². The molecule has 0 radical (unpaired) electrons. The lowest BCUT2D eigenvalue weighted by atomic mass is 9.95. The number of nitrogens with one attached hydrogen (secondary N) is 2. The Labute approximate surface area is 220 Å². The van der Waals surface area contributed by atoms with Crippen molar-refractivity contribution >= 4 is 29.4 Å². The van der Waals surface area contributed by atoms with Gasteiger partial charge in [-0.3, -0.25) is 14.5 Å². The number of amides is 4. The van der Waals surface area contributed by atoms with Crippen LogP contribution in [-0.2, 0) is 22.6 Å². The standard InChI is InChI=1S/C29H27ClN4O3/c1-33-24-18-34(28(36)25(24)26(32-29(33)37)21-12-14-22(30)15-13-21)23(16-19-8-4-2-5-9-19)27(35)31-17-20-10-6-3-7-11-20/h2-15,23,26H,16-18H2,1H3,(H,31,35)(H,32,37)/t23-,26-/m0/s1. The summed E-state index contributed by atoms with van der Waals surface area (Å²) in [5.41, 5.74) is 3.73. The number of benzene rings is 3. The molecule has 0 aliphatic carbocycles. The number of urea groups is 1.